The van der Waals surface area contributed by atoms with E-state index in [9.17, 15) is 4.79 Å². The third-order valence-corrected chi connectivity index (χ3v) is 2.13. The lowest BCUT2D eigenvalue weighted by molar-refractivity contribution is -0.112. The summed E-state index contributed by atoms with van der Waals surface area (Å²) >= 11 is 0. The molecule has 0 aromatic heterocycles. The lowest BCUT2D eigenvalue weighted by Crippen LogP contribution is -1.84. The van der Waals surface area contributed by atoms with Crippen molar-refractivity contribution in [2.45, 2.75) is 51.9 Å². The maximum atomic E-state index is 10.5. The predicted molar refractivity (Wildman–Crippen MR) is 59.2 cm³/mol. The van der Waals surface area contributed by atoms with Crippen molar-refractivity contribution in [3.63, 3.8) is 0 Å². The van der Waals surface area contributed by atoms with E-state index in [2.05, 4.69) is 0 Å². The van der Waals surface area contributed by atoms with Crippen LogP contribution in [0.25, 0.3) is 0 Å². The van der Waals surface area contributed by atoms with E-state index in [0.717, 1.165) is 19.3 Å². The summed E-state index contributed by atoms with van der Waals surface area (Å²) in [6, 6.07) is 0. The monoisotopic (exact) mass is 198 g/mol. The molecule has 2 nitrogen and oxygen atoms in total. The van der Waals surface area contributed by atoms with Crippen molar-refractivity contribution in [2.24, 2.45) is 0 Å². The topological polar surface area (TPSA) is 37.3 Å². The summed E-state index contributed by atoms with van der Waals surface area (Å²) < 4.78 is 0. The zero-order valence-corrected chi connectivity index (χ0v) is 9.17. The van der Waals surface area contributed by atoms with Gasteiger partial charge in [0.05, 0.1) is 0 Å². The Kier molecular flexibility index (Phi) is 9.98. The zero-order valence-electron chi connectivity index (χ0n) is 9.17. The van der Waals surface area contributed by atoms with E-state index in [0.29, 0.717) is 6.61 Å². The molecule has 0 spiro atoms. The van der Waals surface area contributed by atoms with E-state index in [4.69, 9.17) is 5.11 Å². The Labute approximate surface area is 87.0 Å². The Morgan fingerprint density at radius 1 is 1.07 bits per heavy atom. The lowest BCUT2D eigenvalue weighted by atomic mass is 10.1. The van der Waals surface area contributed by atoms with Gasteiger partial charge in [-0.1, -0.05) is 31.8 Å². The van der Waals surface area contributed by atoms with Crippen molar-refractivity contribution in [3.05, 3.63) is 12.2 Å². The number of aliphatic hydroxyl groups is 1. The molecule has 0 aromatic rings. The fraction of sp³-hybridized carbons (Fsp3) is 0.750. The van der Waals surface area contributed by atoms with Gasteiger partial charge in [0.1, 0.15) is 0 Å². The SMILES string of the molecule is CC(=O)/C=C/CCCCCCCCO. The standard InChI is InChI=1S/C12H22O2/c1-12(14)10-8-6-4-2-3-5-7-9-11-13/h8,10,13H,2-7,9,11H2,1H3/b10-8+. The van der Waals surface area contributed by atoms with Gasteiger partial charge in [-0.2, -0.15) is 0 Å². The van der Waals surface area contributed by atoms with Crippen LogP contribution in [0.2, 0.25) is 0 Å². The minimum absolute atomic E-state index is 0.132. The molecule has 82 valence electrons. The van der Waals surface area contributed by atoms with Crippen LogP contribution in [0.5, 0.6) is 0 Å². The maximum absolute atomic E-state index is 10.5. The summed E-state index contributed by atoms with van der Waals surface area (Å²) in [5, 5.41) is 8.55. The van der Waals surface area contributed by atoms with E-state index in [-0.39, 0.29) is 5.78 Å². The largest absolute Gasteiger partial charge is 0.396 e. The number of aliphatic hydroxyl groups excluding tert-OH is 1. The first-order valence-corrected chi connectivity index (χ1v) is 5.55. The zero-order chi connectivity index (χ0) is 10.6. The molecule has 0 fully saturated rings. The average molecular weight is 198 g/mol. The van der Waals surface area contributed by atoms with Crippen LogP contribution >= 0.6 is 0 Å². The number of allylic oxidation sites excluding steroid dienone is 2. The fourth-order valence-corrected chi connectivity index (χ4v) is 1.33. The van der Waals surface area contributed by atoms with Crippen molar-refractivity contribution in [1.29, 1.82) is 0 Å². The van der Waals surface area contributed by atoms with Crippen molar-refractivity contribution < 1.29 is 9.90 Å². The highest BCUT2D eigenvalue weighted by Crippen LogP contribution is 2.07. The third kappa shape index (κ3) is 11.4. The Balaban J connectivity index is 3.02. The van der Waals surface area contributed by atoms with Crippen LogP contribution in [-0.2, 0) is 4.79 Å². The Morgan fingerprint density at radius 2 is 1.64 bits per heavy atom. The van der Waals surface area contributed by atoms with E-state index in [1.165, 1.54) is 25.7 Å². The molecule has 0 bridgehead atoms. The van der Waals surface area contributed by atoms with E-state index >= 15 is 0 Å². The Hall–Kier alpha value is -0.630. The van der Waals surface area contributed by atoms with Crippen molar-refractivity contribution >= 4 is 5.78 Å². The molecule has 0 amide bonds. The summed E-state index contributed by atoms with van der Waals surface area (Å²) in [7, 11) is 0. The second kappa shape index (κ2) is 10.5. The number of unbranched alkanes of at least 4 members (excludes halogenated alkanes) is 6. The highest BCUT2D eigenvalue weighted by molar-refractivity contribution is 5.87. The molecule has 0 saturated carbocycles. The molecule has 0 heterocycles. The van der Waals surface area contributed by atoms with Gasteiger partial charge >= 0.3 is 0 Å². The van der Waals surface area contributed by atoms with Crippen molar-refractivity contribution in [3.8, 4) is 0 Å². The van der Waals surface area contributed by atoms with Gasteiger partial charge in [-0.3, -0.25) is 4.79 Å². The number of ketones is 1. The van der Waals surface area contributed by atoms with Crippen LogP contribution in [-0.4, -0.2) is 17.5 Å². The van der Waals surface area contributed by atoms with Crippen LogP contribution in [0, 0.1) is 0 Å². The van der Waals surface area contributed by atoms with Gasteiger partial charge in [0.2, 0.25) is 0 Å². The number of carbonyl (C=O) groups excluding carboxylic acids is 1. The van der Waals surface area contributed by atoms with Gasteiger partial charge < -0.3 is 5.11 Å². The normalized spacial score (nSPS) is 11.0. The molecule has 0 aliphatic heterocycles. The molecule has 0 atom stereocenters. The second-order valence-electron chi connectivity index (χ2n) is 3.65. The van der Waals surface area contributed by atoms with E-state index in [1.54, 1.807) is 13.0 Å². The highest BCUT2D eigenvalue weighted by atomic mass is 16.2. The molecule has 0 rings (SSSR count). The first kappa shape index (κ1) is 13.4. The molecule has 0 aliphatic rings. The highest BCUT2D eigenvalue weighted by Gasteiger charge is 1.89. The first-order chi connectivity index (χ1) is 6.77. The Bertz CT molecular complexity index is 162. The van der Waals surface area contributed by atoms with Gasteiger partial charge in [0.25, 0.3) is 0 Å². The van der Waals surface area contributed by atoms with Crippen molar-refractivity contribution in [1.82, 2.24) is 0 Å². The Morgan fingerprint density at radius 3 is 2.21 bits per heavy atom. The van der Waals surface area contributed by atoms with Gasteiger partial charge in [-0.05, 0) is 32.3 Å². The summed E-state index contributed by atoms with van der Waals surface area (Å²) in [5.74, 6) is 0.132. The van der Waals surface area contributed by atoms with Crippen molar-refractivity contribution in [2.75, 3.05) is 6.61 Å². The van der Waals surface area contributed by atoms with Gasteiger partial charge in [0.15, 0.2) is 5.78 Å². The third-order valence-electron chi connectivity index (χ3n) is 2.13. The number of hydrogen-bond acceptors (Lipinski definition) is 2. The summed E-state index contributed by atoms with van der Waals surface area (Å²) in [5.41, 5.74) is 0. The summed E-state index contributed by atoms with van der Waals surface area (Å²) in [6.07, 6.45) is 11.5. The molecule has 0 aliphatic carbocycles. The van der Waals surface area contributed by atoms with Gasteiger partial charge in [-0.15, -0.1) is 0 Å². The van der Waals surface area contributed by atoms with E-state index < -0.39 is 0 Å². The molecule has 0 radical (unpaired) electrons. The predicted octanol–water partition coefficient (Wildman–Crippen LogP) is 2.85. The smallest absolute Gasteiger partial charge is 0.152 e. The quantitative estimate of drug-likeness (QED) is 0.457. The lowest BCUT2D eigenvalue weighted by Gasteiger charge is -1.98. The second-order valence-corrected chi connectivity index (χ2v) is 3.65. The number of carbonyl (C=O) groups is 1. The van der Waals surface area contributed by atoms with E-state index in [1.807, 2.05) is 6.08 Å². The van der Waals surface area contributed by atoms with Crippen LogP contribution in [0.3, 0.4) is 0 Å². The minimum Gasteiger partial charge on any atom is -0.396 e. The molecule has 14 heavy (non-hydrogen) atoms. The molecular formula is C12H22O2. The fourth-order valence-electron chi connectivity index (χ4n) is 1.33. The molecule has 2 heteroatoms. The molecular weight excluding hydrogens is 176 g/mol. The number of rotatable bonds is 9. The van der Waals surface area contributed by atoms with Gasteiger partial charge in [0, 0.05) is 6.61 Å². The first-order valence-electron chi connectivity index (χ1n) is 5.55. The minimum atomic E-state index is 0.132. The molecule has 1 N–H and O–H groups in total. The maximum Gasteiger partial charge on any atom is 0.152 e. The molecule has 0 unspecified atom stereocenters. The molecule has 0 saturated heterocycles. The molecule has 0 aromatic carbocycles. The van der Waals surface area contributed by atoms with Crippen LogP contribution < -0.4 is 0 Å². The number of hydrogen-bond donors (Lipinski definition) is 1. The summed E-state index contributed by atoms with van der Waals surface area (Å²) in [4.78, 5) is 10.5. The van der Waals surface area contributed by atoms with Gasteiger partial charge in [-0.25, -0.2) is 0 Å². The average Bonchev–Trinajstić information content (AvgIpc) is 2.15. The summed E-state index contributed by atoms with van der Waals surface area (Å²) in [6.45, 7) is 1.90. The van der Waals surface area contributed by atoms with Crippen LogP contribution in [0.15, 0.2) is 12.2 Å². The van der Waals surface area contributed by atoms with Crippen LogP contribution in [0.1, 0.15) is 51.9 Å². The van der Waals surface area contributed by atoms with Crippen LogP contribution in [0.4, 0.5) is 0 Å².